The molecule has 9 nitrogen and oxygen atoms in total. The molecule has 2 aromatic rings. The zero-order valence-corrected chi connectivity index (χ0v) is 17.7. The largest absolute Gasteiger partial charge is 0.493 e. The van der Waals surface area contributed by atoms with E-state index < -0.39 is 6.04 Å². The number of carbonyl (C=O) groups excluding carboxylic acids is 2. The highest BCUT2D eigenvalue weighted by Gasteiger charge is 2.41. The predicted octanol–water partition coefficient (Wildman–Crippen LogP) is 2.06. The molecule has 0 spiro atoms. The number of nitrogens with one attached hydrogen (secondary N) is 2. The summed E-state index contributed by atoms with van der Waals surface area (Å²) in [6.45, 7) is 1.86. The lowest BCUT2D eigenvalue weighted by Crippen LogP contribution is -2.52. The molecular weight excluding hydrogens is 398 g/mol. The highest BCUT2D eigenvalue weighted by molar-refractivity contribution is 5.96. The van der Waals surface area contributed by atoms with E-state index in [4.69, 9.17) is 9.47 Å². The van der Waals surface area contributed by atoms with Crippen molar-refractivity contribution in [3.8, 4) is 11.5 Å². The Hall–Kier alpha value is -3.59. The number of nitrogens with zero attached hydrogens (tertiary/aromatic N) is 3. The highest BCUT2D eigenvalue weighted by Crippen LogP contribution is 2.31. The zero-order valence-electron chi connectivity index (χ0n) is 17.7. The van der Waals surface area contributed by atoms with Crippen LogP contribution in [0.3, 0.4) is 0 Å². The number of anilines is 1. The molecule has 2 atom stereocenters. The fourth-order valence-corrected chi connectivity index (χ4v) is 3.72. The summed E-state index contributed by atoms with van der Waals surface area (Å²) in [4.78, 5) is 25.4. The molecule has 162 valence electrons. The third kappa shape index (κ3) is 4.31. The van der Waals surface area contributed by atoms with Crippen LogP contribution < -0.4 is 20.2 Å². The molecule has 2 aliphatic heterocycles. The quantitative estimate of drug-likeness (QED) is 0.739. The number of aryl methyl sites for hydroxylation is 1. The van der Waals surface area contributed by atoms with Crippen LogP contribution in [0.15, 0.2) is 47.6 Å². The number of rotatable bonds is 6. The van der Waals surface area contributed by atoms with Gasteiger partial charge in [0.25, 0.3) is 5.91 Å². The summed E-state index contributed by atoms with van der Waals surface area (Å²) in [7, 11) is 3.07. The molecule has 2 aliphatic rings. The second kappa shape index (κ2) is 8.65. The molecule has 2 N–H and O–H groups in total. The number of hydrogen-bond acceptors (Lipinski definition) is 7. The molecule has 0 saturated carbocycles. The van der Waals surface area contributed by atoms with Crippen LogP contribution in [0.2, 0.25) is 0 Å². The molecule has 0 aromatic heterocycles. The first-order chi connectivity index (χ1) is 15.0. The van der Waals surface area contributed by atoms with Gasteiger partial charge in [-0.15, -0.1) is 0 Å². The topological polar surface area (TPSA) is 95.5 Å². The second-order valence-corrected chi connectivity index (χ2v) is 7.50. The normalized spacial score (nSPS) is 19.9. The van der Waals surface area contributed by atoms with Crippen molar-refractivity contribution in [1.29, 1.82) is 0 Å². The van der Waals surface area contributed by atoms with Crippen LogP contribution in [0.5, 0.6) is 11.5 Å². The summed E-state index contributed by atoms with van der Waals surface area (Å²) in [5, 5.41) is 9.84. The van der Waals surface area contributed by atoms with E-state index in [2.05, 4.69) is 40.1 Å². The standard InChI is InChI=1S/C22H25N5O4/c1-14-4-6-15(7-5-14)17-11-18-22(29)26(23-13-27(18)25-17)12-21(28)24-16-8-9-19(30-2)20(10-16)31-3/h4-10,13,17-18,25H,11-12H2,1-3H3,(H,24,28). The molecule has 0 aliphatic carbocycles. The molecule has 1 fully saturated rings. The van der Waals surface area contributed by atoms with Gasteiger partial charge in [-0.2, -0.15) is 5.10 Å². The first kappa shape index (κ1) is 20.7. The molecule has 2 amide bonds. The van der Waals surface area contributed by atoms with Gasteiger partial charge in [-0.25, -0.2) is 10.4 Å². The van der Waals surface area contributed by atoms with Gasteiger partial charge >= 0.3 is 0 Å². The SMILES string of the molecule is COc1ccc(NC(=O)CN2N=CN3NC(c4ccc(C)cc4)CC3C2=O)cc1OC. The third-order valence-electron chi connectivity index (χ3n) is 5.39. The third-order valence-corrected chi connectivity index (χ3v) is 5.39. The molecule has 2 heterocycles. The summed E-state index contributed by atoms with van der Waals surface area (Å²) < 4.78 is 10.4. The summed E-state index contributed by atoms with van der Waals surface area (Å²) in [5.41, 5.74) is 6.14. The number of benzene rings is 2. The first-order valence-corrected chi connectivity index (χ1v) is 9.97. The number of amides is 2. The van der Waals surface area contributed by atoms with Gasteiger partial charge in [-0.3, -0.25) is 14.6 Å². The van der Waals surface area contributed by atoms with Crippen LogP contribution in [-0.4, -0.2) is 55.0 Å². The van der Waals surface area contributed by atoms with E-state index in [1.807, 2.05) is 6.92 Å². The van der Waals surface area contributed by atoms with Crippen LogP contribution in [-0.2, 0) is 9.59 Å². The fourth-order valence-electron chi connectivity index (χ4n) is 3.72. The van der Waals surface area contributed by atoms with Crippen molar-refractivity contribution in [3.05, 3.63) is 53.6 Å². The molecule has 0 bridgehead atoms. The average Bonchev–Trinajstić information content (AvgIpc) is 3.21. The number of methoxy groups -OCH3 is 2. The Labute approximate surface area is 180 Å². The van der Waals surface area contributed by atoms with E-state index >= 15 is 0 Å². The predicted molar refractivity (Wildman–Crippen MR) is 116 cm³/mol. The van der Waals surface area contributed by atoms with Gasteiger partial charge in [0.15, 0.2) is 11.5 Å². The van der Waals surface area contributed by atoms with Gasteiger partial charge in [0, 0.05) is 11.8 Å². The number of ether oxygens (including phenoxy) is 2. The summed E-state index contributed by atoms with van der Waals surface area (Å²) in [6, 6.07) is 12.9. The van der Waals surface area contributed by atoms with E-state index in [-0.39, 0.29) is 24.4 Å². The maximum Gasteiger partial charge on any atom is 0.267 e. The van der Waals surface area contributed by atoms with Crippen LogP contribution >= 0.6 is 0 Å². The lowest BCUT2D eigenvalue weighted by molar-refractivity contribution is -0.139. The van der Waals surface area contributed by atoms with Crippen LogP contribution in [0.4, 0.5) is 5.69 Å². The molecule has 31 heavy (non-hydrogen) atoms. The summed E-state index contributed by atoms with van der Waals surface area (Å²) in [6.07, 6.45) is 2.16. The van der Waals surface area contributed by atoms with Gasteiger partial charge in [0.05, 0.1) is 20.3 Å². The maximum atomic E-state index is 12.9. The average molecular weight is 423 g/mol. The smallest absolute Gasteiger partial charge is 0.267 e. The Bertz CT molecular complexity index is 1010. The van der Waals surface area contributed by atoms with E-state index in [1.165, 1.54) is 17.7 Å². The minimum Gasteiger partial charge on any atom is -0.493 e. The van der Waals surface area contributed by atoms with Gasteiger partial charge in [-0.05, 0) is 31.0 Å². The summed E-state index contributed by atoms with van der Waals surface area (Å²) >= 11 is 0. The minimum absolute atomic E-state index is 0.0153. The van der Waals surface area contributed by atoms with Crippen molar-refractivity contribution >= 4 is 23.8 Å². The van der Waals surface area contributed by atoms with Crippen molar-refractivity contribution in [2.75, 3.05) is 26.1 Å². The van der Waals surface area contributed by atoms with E-state index in [1.54, 1.807) is 36.7 Å². The van der Waals surface area contributed by atoms with Crippen molar-refractivity contribution in [2.45, 2.75) is 25.4 Å². The van der Waals surface area contributed by atoms with Crippen LogP contribution in [0.25, 0.3) is 0 Å². The molecule has 1 saturated heterocycles. The second-order valence-electron chi connectivity index (χ2n) is 7.50. The Balaban J connectivity index is 1.38. The molecule has 4 rings (SSSR count). The lowest BCUT2D eigenvalue weighted by Gasteiger charge is -2.29. The lowest BCUT2D eigenvalue weighted by atomic mass is 10.0. The number of fused-ring (bicyclic) bond motifs is 1. The Morgan fingerprint density at radius 1 is 1.16 bits per heavy atom. The van der Waals surface area contributed by atoms with E-state index in [9.17, 15) is 9.59 Å². The van der Waals surface area contributed by atoms with Crippen LogP contribution in [0, 0.1) is 6.92 Å². The van der Waals surface area contributed by atoms with Crippen LogP contribution in [0.1, 0.15) is 23.6 Å². The van der Waals surface area contributed by atoms with E-state index in [0.29, 0.717) is 23.6 Å². The molecule has 2 unspecified atom stereocenters. The minimum atomic E-state index is -0.405. The van der Waals surface area contributed by atoms with Gasteiger partial charge < -0.3 is 14.8 Å². The Morgan fingerprint density at radius 3 is 2.61 bits per heavy atom. The first-order valence-electron chi connectivity index (χ1n) is 9.97. The van der Waals surface area contributed by atoms with Crippen molar-refractivity contribution in [3.63, 3.8) is 0 Å². The fraction of sp³-hybridized carbons (Fsp3) is 0.318. The zero-order chi connectivity index (χ0) is 22.0. The Kier molecular flexibility index (Phi) is 5.77. The number of hydrazine groups is 1. The maximum absolute atomic E-state index is 12.9. The Morgan fingerprint density at radius 2 is 1.90 bits per heavy atom. The summed E-state index contributed by atoms with van der Waals surface area (Å²) in [5.74, 6) is 0.495. The van der Waals surface area contributed by atoms with Gasteiger partial charge in [0.2, 0.25) is 5.91 Å². The van der Waals surface area contributed by atoms with Gasteiger partial charge in [-0.1, -0.05) is 29.8 Å². The van der Waals surface area contributed by atoms with Gasteiger partial charge in [0.1, 0.15) is 18.9 Å². The molecule has 9 heteroatoms. The van der Waals surface area contributed by atoms with Crippen molar-refractivity contribution in [1.82, 2.24) is 15.4 Å². The number of carbonyl (C=O) groups is 2. The van der Waals surface area contributed by atoms with Crippen molar-refractivity contribution < 1.29 is 19.1 Å². The number of hydrazone groups is 1. The number of hydrogen-bond donors (Lipinski definition) is 2. The van der Waals surface area contributed by atoms with Crippen molar-refractivity contribution in [2.24, 2.45) is 5.10 Å². The highest BCUT2D eigenvalue weighted by atomic mass is 16.5. The molecular formula is C22H25N5O4. The monoisotopic (exact) mass is 423 g/mol. The van der Waals surface area contributed by atoms with E-state index in [0.717, 1.165) is 5.56 Å². The molecule has 2 aromatic carbocycles. The molecule has 0 radical (unpaired) electrons.